The van der Waals surface area contributed by atoms with Gasteiger partial charge in [-0.15, -0.1) is 0 Å². The highest BCUT2D eigenvalue weighted by molar-refractivity contribution is 5.93. The third-order valence-electron chi connectivity index (χ3n) is 3.69. The lowest BCUT2D eigenvalue weighted by molar-refractivity contribution is -0.122. The van der Waals surface area contributed by atoms with Crippen LogP contribution in [0, 0.1) is 6.92 Å². The van der Waals surface area contributed by atoms with Crippen molar-refractivity contribution in [3.8, 4) is 0 Å². The molecule has 0 atom stereocenters. The summed E-state index contributed by atoms with van der Waals surface area (Å²) in [6.45, 7) is 8.59. The zero-order chi connectivity index (χ0) is 14.8. The van der Waals surface area contributed by atoms with Gasteiger partial charge in [-0.05, 0) is 38.5 Å². The lowest BCUT2D eigenvalue weighted by Crippen LogP contribution is -2.55. The number of nitrogens with two attached hydrogens (primary N) is 1. The van der Waals surface area contributed by atoms with Crippen LogP contribution in [-0.4, -0.2) is 42.6 Å². The highest BCUT2D eigenvalue weighted by Gasteiger charge is 2.31. The molecule has 1 aromatic carbocycles. The smallest absolute Gasteiger partial charge is 0.238 e. The van der Waals surface area contributed by atoms with Crippen molar-refractivity contribution in [3.05, 3.63) is 23.8 Å². The normalized spacial score (nSPS) is 18.8. The summed E-state index contributed by atoms with van der Waals surface area (Å²) >= 11 is 0. The Hall–Kier alpha value is -1.59. The Morgan fingerprint density at radius 1 is 1.50 bits per heavy atom. The number of nitrogen functional groups attached to an aromatic ring is 1. The van der Waals surface area contributed by atoms with E-state index in [1.54, 1.807) is 6.07 Å². The van der Waals surface area contributed by atoms with Gasteiger partial charge in [-0.2, -0.15) is 0 Å². The Kier molecular flexibility index (Phi) is 4.30. The second-order valence-corrected chi connectivity index (χ2v) is 5.91. The van der Waals surface area contributed by atoms with Gasteiger partial charge in [0.1, 0.15) is 0 Å². The van der Waals surface area contributed by atoms with E-state index < -0.39 is 0 Å². The summed E-state index contributed by atoms with van der Waals surface area (Å²) in [6.07, 6.45) is 0. The number of benzene rings is 1. The molecule has 0 aliphatic carbocycles. The molecule has 1 heterocycles. The molecule has 2 rings (SSSR count). The summed E-state index contributed by atoms with van der Waals surface area (Å²) in [5, 5.41) is 2.93. The first-order valence-corrected chi connectivity index (χ1v) is 6.87. The molecule has 0 radical (unpaired) electrons. The Bertz CT molecular complexity index is 500. The van der Waals surface area contributed by atoms with Crippen LogP contribution < -0.4 is 11.1 Å². The van der Waals surface area contributed by atoms with E-state index in [2.05, 4.69) is 24.1 Å². The summed E-state index contributed by atoms with van der Waals surface area (Å²) in [7, 11) is 0. The average Bonchev–Trinajstić information content (AvgIpc) is 2.36. The van der Waals surface area contributed by atoms with E-state index in [9.17, 15) is 4.79 Å². The number of hydrogen-bond acceptors (Lipinski definition) is 4. The molecule has 1 fully saturated rings. The Morgan fingerprint density at radius 3 is 2.95 bits per heavy atom. The molecule has 0 aromatic heterocycles. The summed E-state index contributed by atoms with van der Waals surface area (Å²) in [5.74, 6) is -0.0197. The van der Waals surface area contributed by atoms with E-state index in [1.165, 1.54) is 0 Å². The third-order valence-corrected chi connectivity index (χ3v) is 3.69. The number of carbonyl (C=O) groups excluding carboxylic acids is 1. The zero-order valence-corrected chi connectivity index (χ0v) is 12.4. The SMILES string of the molecule is Cc1ccc(N)cc1NC(=O)CN1CCOCC1(C)C. The largest absolute Gasteiger partial charge is 0.399 e. The van der Waals surface area contributed by atoms with Crippen LogP contribution in [0.3, 0.4) is 0 Å². The van der Waals surface area contributed by atoms with Crippen molar-refractivity contribution in [1.82, 2.24) is 4.90 Å². The minimum absolute atomic E-state index is 0.0197. The van der Waals surface area contributed by atoms with Crippen molar-refractivity contribution in [2.24, 2.45) is 0 Å². The maximum Gasteiger partial charge on any atom is 0.238 e. The van der Waals surface area contributed by atoms with Gasteiger partial charge in [-0.3, -0.25) is 9.69 Å². The van der Waals surface area contributed by atoms with Gasteiger partial charge in [-0.1, -0.05) is 6.07 Å². The minimum Gasteiger partial charge on any atom is -0.399 e. The van der Waals surface area contributed by atoms with E-state index in [0.29, 0.717) is 25.4 Å². The number of carbonyl (C=O) groups is 1. The number of anilines is 2. The van der Waals surface area contributed by atoms with Gasteiger partial charge in [0.05, 0.1) is 19.8 Å². The molecule has 5 heteroatoms. The first-order chi connectivity index (χ1) is 9.38. The van der Waals surface area contributed by atoms with Crippen LogP contribution in [0.15, 0.2) is 18.2 Å². The van der Waals surface area contributed by atoms with Gasteiger partial charge in [0.2, 0.25) is 5.91 Å². The summed E-state index contributed by atoms with van der Waals surface area (Å²) < 4.78 is 5.46. The standard InChI is InChI=1S/C15H23N3O2/c1-11-4-5-12(16)8-13(11)17-14(19)9-18-6-7-20-10-15(18,2)3/h4-5,8H,6-7,9-10,16H2,1-3H3,(H,17,19). The molecule has 0 spiro atoms. The number of ether oxygens (including phenoxy) is 1. The molecule has 1 aromatic rings. The van der Waals surface area contributed by atoms with Gasteiger partial charge in [0.25, 0.3) is 0 Å². The number of rotatable bonds is 3. The van der Waals surface area contributed by atoms with E-state index in [1.807, 2.05) is 19.1 Å². The van der Waals surface area contributed by atoms with Crippen LogP contribution >= 0.6 is 0 Å². The summed E-state index contributed by atoms with van der Waals surface area (Å²) in [6, 6.07) is 5.53. The van der Waals surface area contributed by atoms with Crippen molar-refractivity contribution in [2.75, 3.05) is 37.4 Å². The van der Waals surface area contributed by atoms with Gasteiger partial charge < -0.3 is 15.8 Å². The predicted molar refractivity (Wildman–Crippen MR) is 80.7 cm³/mol. The van der Waals surface area contributed by atoms with Gasteiger partial charge in [0, 0.05) is 23.5 Å². The lowest BCUT2D eigenvalue weighted by atomic mass is 10.0. The second kappa shape index (κ2) is 5.81. The van der Waals surface area contributed by atoms with E-state index >= 15 is 0 Å². The summed E-state index contributed by atoms with van der Waals surface area (Å²) in [4.78, 5) is 14.3. The number of aryl methyl sites for hydroxylation is 1. The van der Waals surface area contributed by atoms with Gasteiger partial charge in [0.15, 0.2) is 0 Å². The molecule has 0 bridgehead atoms. The quantitative estimate of drug-likeness (QED) is 0.824. The Balaban J connectivity index is 2.00. The molecular weight excluding hydrogens is 254 g/mol. The fourth-order valence-corrected chi connectivity index (χ4v) is 2.32. The molecule has 20 heavy (non-hydrogen) atoms. The molecule has 3 N–H and O–H groups in total. The van der Waals surface area contributed by atoms with Crippen molar-refractivity contribution in [2.45, 2.75) is 26.3 Å². The maximum atomic E-state index is 12.2. The van der Waals surface area contributed by atoms with Crippen LogP contribution in [-0.2, 0) is 9.53 Å². The fourth-order valence-electron chi connectivity index (χ4n) is 2.32. The molecule has 1 saturated heterocycles. The number of nitrogens with zero attached hydrogens (tertiary/aromatic N) is 1. The zero-order valence-electron chi connectivity index (χ0n) is 12.4. The second-order valence-electron chi connectivity index (χ2n) is 5.91. The first-order valence-electron chi connectivity index (χ1n) is 6.87. The number of hydrogen-bond donors (Lipinski definition) is 2. The average molecular weight is 277 g/mol. The maximum absolute atomic E-state index is 12.2. The van der Waals surface area contributed by atoms with Crippen LogP contribution in [0.5, 0.6) is 0 Å². The first kappa shape index (κ1) is 14.8. The Labute approximate surface area is 120 Å². The van der Waals surface area contributed by atoms with E-state index in [0.717, 1.165) is 17.8 Å². The van der Waals surface area contributed by atoms with E-state index in [4.69, 9.17) is 10.5 Å². The van der Waals surface area contributed by atoms with Crippen molar-refractivity contribution >= 4 is 17.3 Å². The monoisotopic (exact) mass is 277 g/mol. The molecule has 110 valence electrons. The number of nitrogens with one attached hydrogen (secondary N) is 1. The van der Waals surface area contributed by atoms with Crippen LogP contribution in [0.2, 0.25) is 0 Å². The lowest BCUT2D eigenvalue weighted by Gasteiger charge is -2.41. The number of amides is 1. The third kappa shape index (κ3) is 3.49. The topological polar surface area (TPSA) is 67.6 Å². The van der Waals surface area contributed by atoms with Gasteiger partial charge >= 0.3 is 0 Å². The molecule has 1 aliphatic rings. The molecule has 1 amide bonds. The van der Waals surface area contributed by atoms with Crippen LogP contribution in [0.25, 0.3) is 0 Å². The molecule has 0 saturated carbocycles. The van der Waals surface area contributed by atoms with Gasteiger partial charge in [-0.25, -0.2) is 0 Å². The fraction of sp³-hybridized carbons (Fsp3) is 0.533. The van der Waals surface area contributed by atoms with Crippen molar-refractivity contribution in [3.63, 3.8) is 0 Å². The highest BCUT2D eigenvalue weighted by atomic mass is 16.5. The molecule has 5 nitrogen and oxygen atoms in total. The molecule has 0 unspecified atom stereocenters. The van der Waals surface area contributed by atoms with E-state index in [-0.39, 0.29) is 11.4 Å². The van der Waals surface area contributed by atoms with Crippen molar-refractivity contribution < 1.29 is 9.53 Å². The molecule has 1 aliphatic heterocycles. The van der Waals surface area contributed by atoms with Crippen LogP contribution in [0.1, 0.15) is 19.4 Å². The molecular formula is C15H23N3O2. The predicted octanol–water partition coefficient (Wildman–Crippen LogP) is 1.63. The summed E-state index contributed by atoms with van der Waals surface area (Å²) in [5.41, 5.74) is 8.08. The Morgan fingerprint density at radius 2 is 2.25 bits per heavy atom. The van der Waals surface area contributed by atoms with Crippen LogP contribution in [0.4, 0.5) is 11.4 Å². The number of morpholine rings is 1. The minimum atomic E-state index is -0.111. The highest BCUT2D eigenvalue weighted by Crippen LogP contribution is 2.20. The van der Waals surface area contributed by atoms with Crippen molar-refractivity contribution in [1.29, 1.82) is 0 Å².